The maximum Gasteiger partial charge on any atom is 0.182 e. The maximum absolute atomic E-state index is 4.98. The lowest BCUT2D eigenvalue weighted by molar-refractivity contribution is 0.407. The number of rotatable bonds is 1. The third-order valence-corrected chi connectivity index (χ3v) is 1.91. The van der Waals surface area contributed by atoms with Crippen molar-refractivity contribution in [3.8, 4) is 0 Å². The van der Waals surface area contributed by atoms with Gasteiger partial charge >= 0.3 is 0 Å². The van der Waals surface area contributed by atoms with E-state index in [-0.39, 0.29) is 6.17 Å². The molecule has 3 N–H and O–H groups in total. The van der Waals surface area contributed by atoms with Crippen LogP contribution in [0.2, 0.25) is 0 Å². The molecule has 68 valence electrons. The van der Waals surface area contributed by atoms with E-state index in [0.29, 0.717) is 5.70 Å². The zero-order chi connectivity index (χ0) is 9.26. The van der Waals surface area contributed by atoms with E-state index in [0.717, 1.165) is 5.84 Å². The zero-order valence-electron chi connectivity index (χ0n) is 7.18. The van der Waals surface area contributed by atoms with Gasteiger partial charge in [-0.2, -0.15) is 5.10 Å². The Hall–Kier alpha value is -1.85. The molecule has 0 aromatic carbocycles. The van der Waals surface area contributed by atoms with Crippen LogP contribution in [0, 0.1) is 0 Å². The molecule has 0 saturated carbocycles. The Labute approximate surface area is 75.5 Å². The summed E-state index contributed by atoms with van der Waals surface area (Å²) >= 11 is 0. The Bertz CT molecular complexity index is 326. The highest BCUT2D eigenvalue weighted by Crippen LogP contribution is 2.17. The van der Waals surface area contributed by atoms with Crippen molar-refractivity contribution in [2.75, 3.05) is 0 Å². The lowest BCUT2D eigenvalue weighted by Crippen LogP contribution is -2.34. The number of hydrogen-bond acceptors (Lipinski definition) is 5. The summed E-state index contributed by atoms with van der Waals surface area (Å²) in [6.07, 6.45) is 5.78. The summed E-state index contributed by atoms with van der Waals surface area (Å²) in [5, 5.41) is 11.1. The first kappa shape index (κ1) is 7.78. The van der Waals surface area contributed by atoms with Crippen molar-refractivity contribution in [3.05, 3.63) is 24.0 Å². The van der Waals surface area contributed by atoms with E-state index in [9.17, 15) is 0 Å². The summed E-state index contributed by atoms with van der Waals surface area (Å²) in [5.74, 6) is 5.73. The molecule has 0 saturated heterocycles. The summed E-state index contributed by atoms with van der Waals surface area (Å²) in [5.41, 5.74) is 3.60. The van der Waals surface area contributed by atoms with Crippen LogP contribution in [0.1, 0.15) is 6.92 Å². The van der Waals surface area contributed by atoms with Crippen molar-refractivity contribution in [2.24, 2.45) is 21.3 Å². The third-order valence-electron chi connectivity index (χ3n) is 1.91. The van der Waals surface area contributed by atoms with Crippen molar-refractivity contribution in [2.45, 2.75) is 13.1 Å². The van der Waals surface area contributed by atoms with Gasteiger partial charge in [-0.3, -0.25) is 5.43 Å². The topological polar surface area (TPSA) is 78.4 Å². The first-order chi connectivity index (χ1) is 6.33. The van der Waals surface area contributed by atoms with Crippen molar-refractivity contribution >= 4 is 5.84 Å². The Morgan fingerprint density at radius 3 is 3.31 bits per heavy atom. The SMILES string of the molecule is CC1NN=C2C(N=NN)=CC=CN21. The van der Waals surface area contributed by atoms with Gasteiger partial charge in [0.25, 0.3) is 0 Å². The fourth-order valence-electron chi connectivity index (χ4n) is 1.29. The van der Waals surface area contributed by atoms with Gasteiger partial charge < -0.3 is 10.7 Å². The molecule has 1 atom stereocenters. The normalized spacial score (nSPS) is 25.6. The van der Waals surface area contributed by atoms with E-state index in [1.54, 1.807) is 0 Å². The molecule has 2 rings (SSSR count). The quantitative estimate of drug-likeness (QED) is 0.344. The molecular weight excluding hydrogens is 168 g/mol. The minimum atomic E-state index is 0.155. The molecule has 2 heterocycles. The second kappa shape index (κ2) is 2.89. The van der Waals surface area contributed by atoms with Crippen molar-refractivity contribution in [3.63, 3.8) is 0 Å². The smallest absolute Gasteiger partial charge is 0.182 e. The zero-order valence-corrected chi connectivity index (χ0v) is 7.18. The molecule has 2 aliphatic heterocycles. The van der Waals surface area contributed by atoms with Gasteiger partial charge in [0.15, 0.2) is 5.84 Å². The van der Waals surface area contributed by atoms with Gasteiger partial charge in [0, 0.05) is 6.20 Å². The van der Waals surface area contributed by atoms with E-state index < -0.39 is 0 Å². The van der Waals surface area contributed by atoms with Crippen LogP contribution in [0.15, 0.2) is 39.5 Å². The van der Waals surface area contributed by atoms with Crippen LogP contribution in [-0.2, 0) is 0 Å². The molecule has 6 nitrogen and oxygen atoms in total. The minimum absolute atomic E-state index is 0.155. The van der Waals surface area contributed by atoms with Gasteiger partial charge in [-0.25, -0.2) is 0 Å². The first-order valence-electron chi connectivity index (χ1n) is 3.94. The predicted octanol–water partition coefficient (Wildman–Crippen LogP) is 0.288. The largest absolute Gasteiger partial charge is 0.308 e. The van der Waals surface area contributed by atoms with Crippen LogP contribution in [0.5, 0.6) is 0 Å². The van der Waals surface area contributed by atoms with E-state index in [4.69, 9.17) is 5.84 Å². The van der Waals surface area contributed by atoms with Crippen LogP contribution in [0.25, 0.3) is 0 Å². The van der Waals surface area contributed by atoms with Crippen molar-refractivity contribution in [1.29, 1.82) is 0 Å². The fourth-order valence-corrected chi connectivity index (χ4v) is 1.29. The first-order valence-corrected chi connectivity index (χ1v) is 3.94. The van der Waals surface area contributed by atoms with E-state index in [1.165, 1.54) is 0 Å². The highest BCUT2D eigenvalue weighted by molar-refractivity contribution is 6.00. The van der Waals surface area contributed by atoms with Gasteiger partial charge in [0.1, 0.15) is 11.9 Å². The lowest BCUT2D eigenvalue weighted by Gasteiger charge is -2.21. The van der Waals surface area contributed by atoms with Crippen LogP contribution < -0.4 is 11.3 Å². The number of allylic oxidation sites excluding steroid dienone is 2. The molecule has 0 amide bonds. The van der Waals surface area contributed by atoms with Crippen LogP contribution in [-0.4, -0.2) is 16.9 Å². The standard InChI is InChI=1S/C7H10N6/c1-5-9-11-7-6(10-12-8)3-2-4-13(5)7/h2-5,9H,1H3,(H2,8,10). The second-order valence-electron chi connectivity index (χ2n) is 2.76. The number of hydrazone groups is 1. The Morgan fingerprint density at radius 1 is 1.69 bits per heavy atom. The van der Waals surface area contributed by atoms with Gasteiger partial charge in [-0.05, 0) is 19.1 Å². The summed E-state index contributed by atoms with van der Waals surface area (Å²) in [6, 6.07) is 0. The van der Waals surface area contributed by atoms with E-state index in [2.05, 4.69) is 20.9 Å². The summed E-state index contributed by atoms with van der Waals surface area (Å²) in [6.45, 7) is 2.00. The Morgan fingerprint density at radius 2 is 2.54 bits per heavy atom. The van der Waals surface area contributed by atoms with Crippen LogP contribution in [0.3, 0.4) is 0 Å². The van der Waals surface area contributed by atoms with Crippen molar-refractivity contribution < 1.29 is 0 Å². The molecular formula is C7H10N6. The Kier molecular flexibility index (Phi) is 1.73. The molecule has 0 spiro atoms. The van der Waals surface area contributed by atoms with Gasteiger partial charge in [-0.15, -0.1) is 5.11 Å². The molecule has 0 bridgehead atoms. The minimum Gasteiger partial charge on any atom is -0.308 e. The lowest BCUT2D eigenvalue weighted by atomic mass is 10.2. The summed E-state index contributed by atoms with van der Waals surface area (Å²) in [7, 11) is 0. The summed E-state index contributed by atoms with van der Waals surface area (Å²) < 4.78 is 0. The molecule has 1 unspecified atom stereocenters. The number of fused-ring (bicyclic) bond motifs is 1. The molecule has 6 heteroatoms. The molecule has 0 radical (unpaired) electrons. The fraction of sp³-hybridized carbons (Fsp3) is 0.286. The average molecular weight is 178 g/mol. The van der Waals surface area contributed by atoms with Gasteiger partial charge in [0.05, 0.1) is 0 Å². The molecule has 0 aromatic heterocycles. The van der Waals surface area contributed by atoms with Crippen LogP contribution in [0.4, 0.5) is 0 Å². The molecule has 0 aliphatic carbocycles. The molecule has 0 aromatic rings. The van der Waals surface area contributed by atoms with Gasteiger partial charge in [0.2, 0.25) is 0 Å². The monoisotopic (exact) mass is 178 g/mol. The number of nitrogens with zero attached hydrogens (tertiary/aromatic N) is 4. The van der Waals surface area contributed by atoms with Crippen molar-refractivity contribution in [1.82, 2.24) is 10.3 Å². The van der Waals surface area contributed by atoms with Gasteiger partial charge in [-0.1, -0.05) is 5.22 Å². The Balaban J connectivity index is 2.31. The molecule has 2 aliphatic rings. The predicted molar refractivity (Wildman–Crippen MR) is 48.1 cm³/mol. The summed E-state index contributed by atoms with van der Waals surface area (Å²) in [4.78, 5) is 1.96. The second-order valence-corrected chi connectivity index (χ2v) is 2.76. The number of amidine groups is 1. The number of hydrogen-bond donors (Lipinski definition) is 2. The van der Waals surface area contributed by atoms with E-state index in [1.807, 2.05) is 30.2 Å². The number of nitrogens with one attached hydrogen (secondary N) is 1. The molecule has 0 fully saturated rings. The average Bonchev–Trinajstić information content (AvgIpc) is 2.50. The molecule has 13 heavy (non-hydrogen) atoms. The third kappa shape index (κ3) is 1.16. The highest BCUT2D eigenvalue weighted by atomic mass is 15.5. The highest BCUT2D eigenvalue weighted by Gasteiger charge is 2.26. The number of nitrogens with two attached hydrogens (primary N) is 1. The van der Waals surface area contributed by atoms with Crippen LogP contribution >= 0.6 is 0 Å². The maximum atomic E-state index is 4.98. The van der Waals surface area contributed by atoms with E-state index >= 15 is 0 Å².